The third kappa shape index (κ3) is 3.88. The van der Waals surface area contributed by atoms with Crippen LogP contribution < -0.4 is 5.32 Å². The fraction of sp³-hybridized carbons (Fsp3) is 0.267. The Bertz CT molecular complexity index is 725. The molecule has 0 radical (unpaired) electrons. The summed E-state index contributed by atoms with van der Waals surface area (Å²) in [5.41, 5.74) is 0.606. The molecule has 0 aliphatic rings. The van der Waals surface area contributed by atoms with E-state index in [2.05, 4.69) is 5.32 Å². The van der Waals surface area contributed by atoms with E-state index >= 15 is 0 Å². The normalized spacial score (nSPS) is 12.8. The lowest BCUT2D eigenvalue weighted by Crippen LogP contribution is -2.31. The van der Waals surface area contributed by atoms with Crippen LogP contribution in [-0.2, 0) is 14.6 Å². The lowest BCUT2D eigenvalue weighted by Gasteiger charge is -2.18. The first-order valence-corrected chi connectivity index (χ1v) is 9.55. The number of sulfone groups is 1. The Hall–Kier alpha value is -1.37. The van der Waals surface area contributed by atoms with Crippen LogP contribution in [-0.4, -0.2) is 20.9 Å². The number of halogens is 1. The molecule has 0 aliphatic heterocycles. The molecule has 0 fully saturated rings. The second kappa shape index (κ2) is 7.26. The molecule has 0 aliphatic carbocycles. The second-order valence-corrected chi connectivity index (χ2v) is 8.42. The largest absolute Gasteiger partial charge is 0.354 e. The van der Waals surface area contributed by atoms with Crippen LogP contribution in [0.5, 0.6) is 0 Å². The van der Waals surface area contributed by atoms with Gasteiger partial charge in [-0.2, -0.15) is 0 Å². The molecule has 1 N–H and O–H groups in total. The van der Waals surface area contributed by atoms with E-state index in [4.69, 9.17) is 11.6 Å². The first-order chi connectivity index (χ1) is 10.4. The summed E-state index contributed by atoms with van der Waals surface area (Å²) in [5.74, 6) is -0.180. The molecule has 2 aromatic rings. The third-order valence-electron chi connectivity index (χ3n) is 3.20. The van der Waals surface area contributed by atoms with Crippen LogP contribution in [0.2, 0.25) is 5.02 Å². The maximum absolute atomic E-state index is 12.8. The number of rotatable bonds is 6. The van der Waals surface area contributed by atoms with Crippen LogP contribution >= 0.6 is 22.9 Å². The molecule has 1 aromatic heterocycles. The van der Waals surface area contributed by atoms with Crippen LogP contribution in [0.25, 0.3) is 0 Å². The lowest BCUT2D eigenvalue weighted by atomic mass is 10.1. The van der Waals surface area contributed by atoms with Crippen molar-refractivity contribution in [2.75, 3.05) is 6.54 Å². The first kappa shape index (κ1) is 17.0. The Morgan fingerprint density at radius 2 is 1.95 bits per heavy atom. The second-order valence-electron chi connectivity index (χ2n) is 4.67. The monoisotopic (exact) mass is 357 g/mol. The van der Waals surface area contributed by atoms with Crippen LogP contribution in [0.4, 0.5) is 0 Å². The number of hydrogen-bond donors (Lipinski definition) is 1. The fourth-order valence-electron chi connectivity index (χ4n) is 1.98. The van der Waals surface area contributed by atoms with Crippen molar-refractivity contribution in [2.24, 2.45) is 0 Å². The third-order valence-corrected chi connectivity index (χ3v) is 6.98. The van der Waals surface area contributed by atoms with E-state index in [1.165, 1.54) is 11.3 Å². The van der Waals surface area contributed by atoms with Gasteiger partial charge >= 0.3 is 0 Å². The number of carbonyl (C=O) groups excluding carboxylic acids is 1. The first-order valence-electron chi connectivity index (χ1n) is 6.74. The molecule has 118 valence electrons. The number of thiophene rings is 1. The molecular formula is C15H16ClNO3S2. The van der Waals surface area contributed by atoms with Gasteiger partial charge in [-0.15, -0.1) is 11.3 Å². The molecule has 0 spiro atoms. The van der Waals surface area contributed by atoms with Gasteiger partial charge in [0.25, 0.3) is 0 Å². The van der Waals surface area contributed by atoms with E-state index in [1.54, 1.807) is 48.7 Å². The van der Waals surface area contributed by atoms with Crippen molar-refractivity contribution >= 4 is 38.7 Å². The van der Waals surface area contributed by atoms with Crippen LogP contribution in [0.3, 0.4) is 0 Å². The van der Waals surface area contributed by atoms with Gasteiger partial charge in [-0.25, -0.2) is 8.42 Å². The molecule has 1 amide bonds. The average molecular weight is 358 g/mol. The SMILES string of the molecule is CCC(=O)NC[C@H](c1ccc(Cl)cc1)S(=O)(=O)c1cccs1. The number of carbonyl (C=O) groups is 1. The van der Waals surface area contributed by atoms with E-state index in [1.807, 2.05) is 0 Å². The van der Waals surface area contributed by atoms with Crippen molar-refractivity contribution in [1.29, 1.82) is 0 Å². The van der Waals surface area contributed by atoms with Crippen molar-refractivity contribution < 1.29 is 13.2 Å². The van der Waals surface area contributed by atoms with Crippen molar-refractivity contribution in [3.8, 4) is 0 Å². The maximum atomic E-state index is 12.8. The predicted molar refractivity (Wildman–Crippen MR) is 89.0 cm³/mol. The van der Waals surface area contributed by atoms with Gasteiger partial charge in [-0.1, -0.05) is 36.7 Å². The number of benzene rings is 1. The van der Waals surface area contributed by atoms with Gasteiger partial charge < -0.3 is 5.32 Å². The smallest absolute Gasteiger partial charge is 0.219 e. The fourth-order valence-corrected chi connectivity index (χ4v) is 4.97. The molecule has 1 aromatic carbocycles. The van der Waals surface area contributed by atoms with E-state index in [9.17, 15) is 13.2 Å². The Morgan fingerprint density at radius 3 is 2.50 bits per heavy atom. The summed E-state index contributed by atoms with van der Waals surface area (Å²) in [7, 11) is -3.57. The molecule has 22 heavy (non-hydrogen) atoms. The van der Waals surface area contributed by atoms with Crippen LogP contribution in [0.1, 0.15) is 24.2 Å². The molecule has 0 saturated heterocycles. The van der Waals surface area contributed by atoms with Crippen molar-refractivity contribution in [1.82, 2.24) is 5.32 Å². The van der Waals surface area contributed by atoms with Crippen molar-refractivity contribution in [2.45, 2.75) is 22.8 Å². The molecule has 0 saturated carbocycles. The number of nitrogens with one attached hydrogen (secondary N) is 1. The average Bonchev–Trinajstić information content (AvgIpc) is 3.04. The van der Waals surface area contributed by atoms with Crippen LogP contribution in [0.15, 0.2) is 46.0 Å². The summed E-state index contributed by atoms with van der Waals surface area (Å²) in [4.78, 5) is 11.5. The van der Waals surface area contributed by atoms with Gasteiger partial charge in [0, 0.05) is 18.0 Å². The topological polar surface area (TPSA) is 63.2 Å². The number of amides is 1. The van der Waals surface area contributed by atoms with Gasteiger partial charge in [-0.05, 0) is 29.1 Å². The molecule has 0 bridgehead atoms. The zero-order valence-electron chi connectivity index (χ0n) is 12.0. The molecule has 2 rings (SSSR count). The maximum Gasteiger partial charge on any atom is 0.219 e. The predicted octanol–water partition coefficient (Wildman–Crippen LogP) is 3.44. The van der Waals surface area contributed by atoms with Gasteiger partial charge in [0.05, 0.1) is 0 Å². The Morgan fingerprint density at radius 1 is 1.27 bits per heavy atom. The minimum Gasteiger partial charge on any atom is -0.354 e. The van der Waals surface area contributed by atoms with Crippen LogP contribution in [0, 0.1) is 0 Å². The summed E-state index contributed by atoms with van der Waals surface area (Å²) in [6.07, 6.45) is 0.312. The van der Waals surface area contributed by atoms with E-state index in [-0.39, 0.29) is 16.7 Å². The van der Waals surface area contributed by atoms with Gasteiger partial charge in [0.15, 0.2) is 9.84 Å². The Balaban J connectivity index is 2.37. The molecule has 1 heterocycles. The highest BCUT2D eigenvalue weighted by Crippen LogP contribution is 2.31. The zero-order valence-corrected chi connectivity index (χ0v) is 14.3. The van der Waals surface area contributed by atoms with Crippen molar-refractivity contribution in [3.05, 3.63) is 52.4 Å². The number of hydrogen-bond acceptors (Lipinski definition) is 4. The molecular weight excluding hydrogens is 342 g/mol. The van der Waals surface area contributed by atoms with E-state index < -0.39 is 15.1 Å². The molecule has 0 unspecified atom stereocenters. The highest BCUT2D eigenvalue weighted by molar-refractivity contribution is 7.93. The summed E-state index contributed by atoms with van der Waals surface area (Å²) in [6.45, 7) is 1.76. The molecule has 4 nitrogen and oxygen atoms in total. The summed E-state index contributed by atoms with van der Waals surface area (Å²) < 4.78 is 25.9. The van der Waals surface area contributed by atoms with E-state index in [0.717, 1.165) is 0 Å². The Kier molecular flexibility index (Phi) is 5.61. The summed E-state index contributed by atoms with van der Waals surface area (Å²) in [5, 5.41) is 4.09. The standard InChI is InChI=1S/C15H16ClNO3S2/c1-2-14(18)17-10-13(11-5-7-12(16)8-6-11)22(19,20)15-4-3-9-21-15/h3-9,13H,2,10H2,1H3,(H,17,18)/t13-/m1/s1. The summed E-state index contributed by atoms with van der Waals surface area (Å²) in [6, 6.07) is 9.92. The van der Waals surface area contributed by atoms with Gasteiger partial charge in [-0.3, -0.25) is 4.79 Å². The molecule has 1 atom stereocenters. The summed E-state index contributed by atoms with van der Waals surface area (Å²) >= 11 is 7.03. The highest BCUT2D eigenvalue weighted by atomic mass is 35.5. The zero-order chi connectivity index (χ0) is 16.2. The van der Waals surface area contributed by atoms with Gasteiger partial charge in [0.1, 0.15) is 9.46 Å². The van der Waals surface area contributed by atoms with Crippen molar-refractivity contribution in [3.63, 3.8) is 0 Å². The minimum atomic E-state index is -3.57. The van der Waals surface area contributed by atoms with E-state index in [0.29, 0.717) is 17.0 Å². The molecule has 7 heteroatoms. The Labute approximate surface area is 139 Å². The van der Waals surface area contributed by atoms with Gasteiger partial charge in [0.2, 0.25) is 5.91 Å². The lowest BCUT2D eigenvalue weighted by molar-refractivity contribution is -0.120. The minimum absolute atomic E-state index is 0.0362. The quantitative estimate of drug-likeness (QED) is 0.861. The highest BCUT2D eigenvalue weighted by Gasteiger charge is 2.30.